The van der Waals surface area contributed by atoms with Crippen molar-refractivity contribution in [2.45, 2.75) is 63.5 Å². The summed E-state index contributed by atoms with van der Waals surface area (Å²) in [5, 5.41) is 3.67. The van der Waals surface area contributed by atoms with E-state index in [1.165, 1.54) is 32.2 Å². The van der Waals surface area contributed by atoms with Crippen LogP contribution in [-0.2, 0) is 4.79 Å². The van der Waals surface area contributed by atoms with Crippen molar-refractivity contribution in [2.24, 2.45) is 11.7 Å². The lowest BCUT2D eigenvalue weighted by molar-refractivity contribution is -0.122. The van der Waals surface area contributed by atoms with Gasteiger partial charge in [0.1, 0.15) is 0 Å². The second kappa shape index (κ2) is 7.25. The van der Waals surface area contributed by atoms with Crippen LogP contribution in [0.3, 0.4) is 0 Å². The summed E-state index contributed by atoms with van der Waals surface area (Å²) in [5.41, 5.74) is 5.36. The van der Waals surface area contributed by atoms with Gasteiger partial charge in [-0.15, -0.1) is 0 Å². The highest BCUT2D eigenvalue weighted by Gasteiger charge is 2.24. The predicted molar refractivity (Wildman–Crippen MR) is 77.8 cm³/mol. The molecule has 19 heavy (non-hydrogen) atoms. The number of carbonyl (C=O) groups excluding carboxylic acids is 1. The lowest BCUT2D eigenvalue weighted by Gasteiger charge is -2.33. The van der Waals surface area contributed by atoms with Crippen LogP contribution in [0, 0.1) is 5.92 Å². The van der Waals surface area contributed by atoms with Gasteiger partial charge in [-0.2, -0.15) is 0 Å². The summed E-state index contributed by atoms with van der Waals surface area (Å²) in [6.07, 6.45) is 9.50. The standard InChI is InChI=1S/C15H29N3O/c1-18-11-3-2-4-14(18)9-10-17-13-7-5-12(6-8-13)15(16)19/h12-14,17H,2-11H2,1H3,(H2,16,19). The topological polar surface area (TPSA) is 58.4 Å². The normalized spacial score (nSPS) is 33.2. The van der Waals surface area contributed by atoms with Gasteiger partial charge in [0.2, 0.25) is 5.91 Å². The molecule has 1 amide bonds. The average molecular weight is 267 g/mol. The third-order valence-electron chi connectivity index (χ3n) is 4.96. The van der Waals surface area contributed by atoms with E-state index in [0.717, 1.165) is 38.3 Å². The van der Waals surface area contributed by atoms with Crippen LogP contribution in [-0.4, -0.2) is 43.0 Å². The lowest BCUT2D eigenvalue weighted by Crippen LogP contribution is -2.41. The molecule has 2 fully saturated rings. The van der Waals surface area contributed by atoms with E-state index in [4.69, 9.17) is 5.73 Å². The summed E-state index contributed by atoms with van der Waals surface area (Å²) < 4.78 is 0. The van der Waals surface area contributed by atoms with E-state index in [0.29, 0.717) is 6.04 Å². The van der Waals surface area contributed by atoms with Gasteiger partial charge in [-0.25, -0.2) is 0 Å². The molecule has 0 aromatic carbocycles. The lowest BCUT2D eigenvalue weighted by atomic mass is 9.85. The number of primary amides is 1. The van der Waals surface area contributed by atoms with Crippen molar-refractivity contribution in [3.05, 3.63) is 0 Å². The molecular weight excluding hydrogens is 238 g/mol. The largest absolute Gasteiger partial charge is 0.369 e. The first-order valence-corrected chi connectivity index (χ1v) is 7.89. The Labute approximate surface area is 117 Å². The number of carbonyl (C=O) groups is 1. The van der Waals surface area contributed by atoms with Gasteiger partial charge in [0.05, 0.1) is 0 Å². The Morgan fingerprint density at radius 2 is 1.95 bits per heavy atom. The van der Waals surface area contributed by atoms with Gasteiger partial charge in [0, 0.05) is 18.0 Å². The van der Waals surface area contributed by atoms with E-state index in [-0.39, 0.29) is 11.8 Å². The molecule has 0 aromatic heterocycles. The molecule has 4 nitrogen and oxygen atoms in total. The van der Waals surface area contributed by atoms with Crippen LogP contribution >= 0.6 is 0 Å². The number of amides is 1. The monoisotopic (exact) mass is 267 g/mol. The van der Waals surface area contributed by atoms with Gasteiger partial charge < -0.3 is 16.0 Å². The average Bonchev–Trinajstić information content (AvgIpc) is 2.41. The number of nitrogens with two attached hydrogens (primary N) is 1. The summed E-state index contributed by atoms with van der Waals surface area (Å²) in [6, 6.07) is 1.37. The molecule has 1 heterocycles. The SMILES string of the molecule is CN1CCCCC1CCNC1CCC(C(N)=O)CC1. The van der Waals surface area contributed by atoms with E-state index in [1.54, 1.807) is 0 Å². The molecule has 1 aliphatic carbocycles. The van der Waals surface area contributed by atoms with Crippen LogP contribution in [0.1, 0.15) is 51.4 Å². The molecule has 0 spiro atoms. The zero-order valence-corrected chi connectivity index (χ0v) is 12.2. The molecule has 3 N–H and O–H groups in total. The zero-order valence-electron chi connectivity index (χ0n) is 12.2. The number of rotatable bonds is 5. The maximum atomic E-state index is 11.1. The smallest absolute Gasteiger partial charge is 0.220 e. The first-order chi connectivity index (χ1) is 9.16. The highest BCUT2D eigenvalue weighted by Crippen LogP contribution is 2.24. The fourth-order valence-corrected chi connectivity index (χ4v) is 3.54. The maximum absolute atomic E-state index is 11.1. The molecule has 4 heteroatoms. The summed E-state index contributed by atoms with van der Waals surface area (Å²) in [5.74, 6) is 0.0183. The fraction of sp³-hybridized carbons (Fsp3) is 0.933. The second-order valence-corrected chi connectivity index (χ2v) is 6.32. The van der Waals surface area contributed by atoms with Crippen LogP contribution in [0.25, 0.3) is 0 Å². The number of piperidine rings is 1. The third-order valence-corrected chi connectivity index (χ3v) is 4.96. The Kier molecular flexibility index (Phi) is 5.64. The van der Waals surface area contributed by atoms with Gasteiger partial charge >= 0.3 is 0 Å². The summed E-state index contributed by atoms with van der Waals surface area (Å²) >= 11 is 0. The van der Waals surface area contributed by atoms with Gasteiger partial charge in [0.15, 0.2) is 0 Å². The van der Waals surface area contributed by atoms with Crippen LogP contribution in [0.2, 0.25) is 0 Å². The van der Waals surface area contributed by atoms with E-state index >= 15 is 0 Å². The van der Waals surface area contributed by atoms with Crippen LogP contribution in [0.15, 0.2) is 0 Å². The highest BCUT2D eigenvalue weighted by molar-refractivity contribution is 5.76. The van der Waals surface area contributed by atoms with Crippen molar-refractivity contribution in [3.63, 3.8) is 0 Å². The summed E-state index contributed by atoms with van der Waals surface area (Å²) in [6.45, 7) is 2.37. The molecule has 2 aliphatic rings. The third kappa shape index (κ3) is 4.46. The molecule has 110 valence electrons. The minimum Gasteiger partial charge on any atom is -0.369 e. The quantitative estimate of drug-likeness (QED) is 0.793. The molecule has 2 rings (SSSR count). The predicted octanol–water partition coefficient (Wildman–Crippen LogP) is 1.49. The van der Waals surface area contributed by atoms with Crippen molar-refractivity contribution in [1.29, 1.82) is 0 Å². The van der Waals surface area contributed by atoms with Crippen LogP contribution < -0.4 is 11.1 Å². The van der Waals surface area contributed by atoms with E-state index < -0.39 is 0 Å². The maximum Gasteiger partial charge on any atom is 0.220 e. The summed E-state index contributed by atoms with van der Waals surface area (Å²) in [7, 11) is 2.25. The summed E-state index contributed by atoms with van der Waals surface area (Å²) in [4.78, 5) is 13.6. The molecule has 1 aliphatic heterocycles. The minimum absolute atomic E-state index is 0.109. The van der Waals surface area contributed by atoms with Crippen LogP contribution in [0.4, 0.5) is 0 Å². The first kappa shape index (κ1) is 14.8. The molecule has 1 saturated heterocycles. The van der Waals surface area contributed by atoms with Crippen molar-refractivity contribution in [3.8, 4) is 0 Å². The number of likely N-dealkylation sites (tertiary alicyclic amines) is 1. The first-order valence-electron chi connectivity index (χ1n) is 7.89. The van der Waals surface area contributed by atoms with Crippen molar-refractivity contribution >= 4 is 5.91 Å². The molecule has 1 atom stereocenters. The van der Waals surface area contributed by atoms with Crippen LogP contribution in [0.5, 0.6) is 0 Å². The molecule has 1 unspecified atom stereocenters. The Morgan fingerprint density at radius 3 is 2.58 bits per heavy atom. The van der Waals surface area contributed by atoms with E-state index in [1.807, 2.05) is 0 Å². The van der Waals surface area contributed by atoms with E-state index in [2.05, 4.69) is 17.3 Å². The Hall–Kier alpha value is -0.610. The Morgan fingerprint density at radius 1 is 1.21 bits per heavy atom. The highest BCUT2D eigenvalue weighted by atomic mass is 16.1. The van der Waals surface area contributed by atoms with Gasteiger partial charge in [0.25, 0.3) is 0 Å². The number of nitrogens with zero attached hydrogens (tertiary/aromatic N) is 1. The second-order valence-electron chi connectivity index (χ2n) is 6.32. The van der Waals surface area contributed by atoms with Crippen molar-refractivity contribution < 1.29 is 4.79 Å². The Bertz CT molecular complexity index is 287. The van der Waals surface area contributed by atoms with Crippen molar-refractivity contribution in [2.75, 3.05) is 20.1 Å². The number of hydrogen-bond acceptors (Lipinski definition) is 3. The molecule has 1 saturated carbocycles. The van der Waals surface area contributed by atoms with Crippen molar-refractivity contribution in [1.82, 2.24) is 10.2 Å². The van der Waals surface area contributed by atoms with Gasteiger partial charge in [-0.3, -0.25) is 4.79 Å². The molecule has 0 aromatic rings. The number of nitrogens with one attached hydrogen (secondary N) is 1. The fourth-order valence-electron chi connectivity index (χ4n) is 3.54. The molecule has 0 bridgehead atoms. The minimum atomic E-state index is -0.109. The zero-order chi connectivity index (χ0) is 13.7. The Balaban J connectivity index is 1.60. The van der Waals surface area contributed by atoms with Gasteiger partial charge in [-0.05, 0) is 65.1 Å². The molecule has 0 radical (unpaired) electrons. The molecular formula is C15H29N3O. The van der Waals surface area contributed by atoms with Gasteiger partial charge in [-0.1, -0.05) is 6.42 Å². The number of hydrogen-bond donors (Lipinski definition) is 2. The van der Waals surface area contributed by atoms with E-state index in [9.17, 15) is 4.79 Å².